The summed E-state index contributed by atoms with van der Waals surface area (Å²) in [7, 11) is 0. The normalized spacial score (nSPS) is 17.8. The highest BCUT2D eigenvalue weighted by Gasteiger charge is 2.25. The molecule has 0 radical (unpaired) electrons. The van der Waals surface area contributed by atoms with Crippen LogP contribution in [0.5, 0.6) is 0 Å². The third-order valence-electron chi connectivity index (χ3n) is 4.98. The fourth-order valence-electron chi connectivity index (χ4n) is 3.61. The number of carbonyl (C=O) groups is 1. The molecule has 2 unspecified atom stereocenters. The van der Waals surface area contributed by atoms with Gasteiger partial charge in [-0.05, 0) is 50.6 Å². The Kier molecular flexibility index (Phi) is 6.82. The van der Waals surface area contributed by atoms with E-state index in [1.165, 1.54) is 10.4 Å². The van der Waals surface area contributed by atoms with Gasteiger partial charge in [0, 0.05) is 4.88 Å². The van der Waals surface area contributed by atoms with Gasteiger partial charge in [-0.1, -0.05) is 13.8 Å². The Hall–Kier alpha value is -1.44. The van der Waals surface area contributed by atoms with Crippen molar-refractivity contribution in [1.29, 1.82) is 0 Å². The molecule has 1 aliphatic carbocycles. The van der Waals surface area contributed by atoms with Gasteiger partial charge in [0.05, 0.1) is 18.0 Å². The Balaban J connectivity index is 0.00000243. The molecule has 3 rings (SSSR count). The molecule has 0 spiro atoms. The minimum atomic E-state index is -0.871. The summed E-state index contributed by atoms with van der Waals surface area (Å²) in [6.45, 7) is 6.74. The SMILES string of the molecule is CCCN(CC(=O)O)C(C)c1nc2sc3c(c2c(=O)[nH]1)CCC(C)C3.Cl. The molecule has 2 atom stereocenters. The Bertz CT molecular complexity index is 848. The highest BCUT2D eigenvalue weighted by atomic mass is 35.5. The molecule has 0 aromatic carbocycles. The molecule has 6 nitrogen and oxygen atoms in total. The average molecular weight is 400 g/mol. The summed E-state index contributed by atoms with van der Waals surface area (Å²) in [6, 6.07) is -0.244. The minimum Gasteiger partial charge on any atom is -0.480 e. The zero-order valence-electron chi connectivity index (χ0n) is 15.4. The molecule has 0 saturated carbocycles. The summed E-state index contributed by atoms with van der Waals surface area (Å²) >= 11 is 1.62. The van der Waals surface area contributed by atoms with E-state index in [0.29, 0.717) is 18.3 Å². The van der Waals surface area contributed by atoms with Gasteiger partial charge in [-0.3, -0.25) is 14.5 Å². The van der Waals surface area contributed by atoms with E-state index in [2.05, 4.69) is 11.9 Å². The third-order valence-corrected chi connectivity index (χ3v) is 6.12. The van der Waals surface area contributed by atoms with E-state index in [4.69, 9.17) is 10.1 Å². The van der Waals surface area contributed by atoms with E-state index in [0.717, 1.165) is 35.9 Å². The predicted molar refractivity (Wildman–Crippen MR) is 107 cm³/mol. The van der Waals surface area contributed by atoms with Gasteiger partial charge >= 0.3 is 5.97 Å². The van der Waals surface area contributed by atoms with Crippen molar-refractivity contribution in [2.45, 2.75) is 52.5 Å². The summed E-state index contributed by atoms with van der Waals surface area (Å²) in [5.41, 5.74) is 1.08. The van der Waals surface area contributed by atoms with Crippen LogP contribution in [0.3, 0.4) is 0 Å². The van der Waals surface area contributed by atoms with Gasteiger partial charge in [0.1, 0.15) is 10.7 Å². The van der Waals surface area contributed by atoms with E-state index < -0.39 is 5.97 Å². The molecule has 0 saturated heterocycles. The number of nitrogens with one attached hydrogen (secondary N) is 1. The van der Waals surface area contributed by atoms with Crippen molar-refractivity contribution in [2.75, 3.05) is 13.1 Å². The first-order valence-corrected chi connectivity index (χ1v) is 9.72. The molecule has 0 aliphatic heterocycles. The molecule has 2 N–H and O–H groups in total. The third kappa shape index (κ3) is 4.10. The number of thiophene rings is 1. The molecule has 144 valence electrons. The number of carboxylic acid groups (broad SMARTS) is 1. The van der Waals surface area contributed by atoms with Crippen molar-refractivity contribution in [3.05, 3.63) is 26.6 Å². The van der Waals surface area contributed by atoms with Crippen LogP contribution in [0, 0.1) is 5.92 Å². The lowest BCUT2D eigenvalue weighted by Gasteiger charge is -2.26. The van der Waals surface area contributed by atoms with E-state index in [1.807, 2.05) is 18.7 Å². The van der Waals surface area contributed by atoms with Gasteiger partial charge < -0.3 is 10.1 Å². The Morgan fingerprint density at radius 1 is 1.50 bits per heavy atom. The largest absolute Gasteiger partial charge is 0.480 e. The molecule has 0 fully saturated rings. The number of H-pyrrole nitrogens is 1. The van der Waals surface area contributed by atoms with Crippen LogP contribution in [0.4, 0.5) is 0 Å². The Labute approximate surface area is 163 Å². The highest BCUT2D eigenvalue weighted by molar-refractivity contribution is 7.18. The molecular weight excluding hydrogens is 374 g/mol. The lowest BCUT2D eigenvalue weighted by Crippen LogP contribution is -2.34. The second-order valence-electron chi connectivity index (χ2n) is 7.02. The number of hydrogen-bond donors (Lipinski definition) is 2. The monoisotopic (exact) mass is 399 g/mol. The number of aromatic nitrogens is 2. The quantitative estimate of drug-likeness (QED) is 0.777. The molecule has 2 aromatic rings. The van der Waals surface area contributed by atoms with Gasteiger partial charge in [-0.25, -0.2) is 4.98 Å². The van der Waals surface area contributed by atoms with E-state index >= 15 is 0 Å². The van der Waals surface area contributed by atoms with Crippen LogP contribution in [0.1, 0.15) is 55.9 Å². The van der Waals surface area contributed by atoms with Crippen molar-refractivity contribution in [3.63, 3.8) is 0 Å². The first kappa shape index (κ1) is 20.9. The summed E-state index contributed by atoms with van der Waals surface area (Å²) in [5.74, 6) is 0.330. The number of aliphatic carboxylic acids is 1. The number of halogens is 1. The molecule has 26 heavy (non-hydrogen) atoms. The highest BCUT2D eigenvalue weighted by Crippen LogP contribution is 2.36. The molecule has 2 heterocycles. The fraction of sp³-hybridized carbons (Fsp3) is 0.611. The maximum atomic E-state index is 12.7. The average Bonchev–Trinajstić information content (AvgIpc) is 2.90. The summed E-state index contributed by atoms with van der Waals surface area (Å²) in [5, 5.41) is 9.88. The Morgan fingerprint density at radius 3 is 2.88 bits per heavy atom. The van der Waals surface area contributed by atoms with Gasteiger partial charge in [-0.15, -0.1) is 23.7 Å². The lowest BCUT2D eigenvalue weighted by atomic mass is 9.89. The number of fused-ring (bicyclic) bond motifs is 3. The zero-order valence-corrected chi connectivity index (χ0v) is 17.0. The van der Waals surface area contributed by atoms with E-state index in [-0.39, 0.29) is 30.6 Å². The number of nitrogens with zero attached hydrogens (tertiary/aromatic N) is 2. The number of rotatable bonds is 6. The van der Waals surface area contributed by atoms with Gasteiger partial charge in [0.2, 0.25) is 0 Å². The van der Waals surface area contributed by atoms with E-state index in [9.17, 15) is 9.59 Å². The van der Waals surface area contributed by atoms with Crippen molar-refractivity contribution in [3.8, 4) is 0 Å². The molecule has 0 amide bonds. The maximum absolute atomic E-state index is 12.7. The first-order valence-electron chi connectivity index (χ1n) is 8.91. The van der Waals surface area contributed by atoms with Crippen LogP contribution >= 0.6 is 23.7 Å². The number of hydrogen-bond acceptors (Lipinski definition) is 5. The van der Waals surface area contributed by atoms with Crippen molar-refractivity contribution in [2.24, 2.45) is 5.92 Å². The topological polar surface area (TPSA) is 86.3 Å². The first-order chi connectivity index (χ1) is 11.9. The Morgan fingerprint density at radius 2 is 2.23 bits per heavy atom. The van der Waals surface area contributed by atoms with Gasteiger partial charge in [-0.2, -0.15) is 0 Å². The van der Waals surface area contributed by atoms with Crippen molar-refractivity contribution < 1.29 is 9.90 Å². The van der Waals surface area contributed by atoms with Gasteiger partial charge in [0.15, 0.2) is 0 Å². The van der Waals surface area contributed by atoms with Crippen molar-refractivity contribution >= 4 is 39.9 Å². The molecule has 8 heteroatoms. The summed E-state index contributed by atoms with van der Waals surface area (Å²) in [6.07, 6.45) is 3.91. The number of aromatic amines is 1. The second-order valence-corrected chi connectivity index (χ2v) is 8.11. The predicted octanol–water partition coefficient (Wildman–Crippen LogP) is 3.39. The summed E-state index contributed by atoms with van der Waals surface area (Å²) in [4.78, 5) is 35.4. The van der Waals surface area contributed by atoms with Crippen molar-refractivity contribution in [1.82, 2.24) is 14.9 Å². The zero-order chi connectivity index (χ0) is 18.1. The smallest absolute Gasteiger partial charge is 0.317 e. The van der Waals surface area contributed by atoms with Crippen LogP contribution in [0.15, 0.2) is 4.79 Å². The second kappa shape index (κ2) is 8.50. The lowest BCUT2D eigenvalue weighted by molar-refractivity contribution is -0.138. The van der Waals surface area contributed by atoms with Crippen LogP contribution in [0.25, 0.3) is 10.2 Å². The van der Waals surface area contributed by atoms with Gasteiger partial charge in [0.25, 0.3) is 5.56 Å². The van der Waals surface area contributed by atoms with Crippen LogP contribution < -0.4 is 5.56 Å². The molecule has 2 aromatic heterocycles. The minimum absolute atomic E-state index is 0. The molecule has 0 bridgehead atoms. The standard InChI is InChI=1S/C18H25N3O3S.ClH/c1-4-7-21(9-14(22)23)11(3)16-19-17(24)15-12-6-5-10(2)8-13(12)25-18(15)20-16;/h10-11H,4-9H2,1-3H3,(H,22,23)(H,19,20,24);1H. The van der Waals surface area contributed by atoms with Crippen LogP contribution in [-0.4, -0.2) is 39.0 Å². The number of carboxylic acids is 1. The van der Waals surface area contributed by atoms with Crippen LogP contribution in [0.2, 0.25) is 0 Å². The molecule has 1 aliphatic rings. The summed E-state index contributed by atoms with van der Waals surface area (Å²) < 4.78 is 0. The fourth-order valence-corrected chi connectivity index (χ4v) is 5.00. The number of aryl methyl sites for hydroxylation is 1. The maximum Gasteiger partial charge on any atom is 0.317 e. The molecular formula is C18H26ClN3O3S. The van der Waals surface area contributed by atoms with E-state index in [1.54, 1.807) is 11.3 Å². The van der Waals surface area contributed by atoms with Crippen LogP contribution in [-0.2, 0) is 17.6 Å².